The lowest BCUT2D eigenvalue weighted by Gasteiger charge is -1.99. The molecule has 60 valence electrons. The first kappa shape index (κ1) is 7.16. The Hall–Kier alpha value is -1.51. The van der Waals surface area contributed by atoms with Gasteiger partial charge in [0.25, 0.3) is 5.91 Å². The zero-order chi connectivity index (χ0) is 8.39. The molecule has 1 heterocycles. The maximum absolute atomic E-state index is 11.0. The van der Waals surface area contributed by atoms with Crippen LogP contribution in [0.3, 0.4) is 0 Å². The molecule has 1 amide bonds. The molecule has 0 fully saturated rings. The summed E-state index contributed by atoms with van der Waals surface area (Å²) in [4.78, 5) is 11.0. The smallest absolute Gasteiger partial charge is 0.268 e. The second kappa shape index (κ2) is 2.85. The normalized spacial score (nSPS) is 15.5. The molecule has 3 heteroatoms. The van der Waals surface area contributed by atoms with Crippen molar-refractivity contribution in [3.8, 4) is 0 Å². The van der Waals surface area contributed by atoms with E-state index in [0.717, 1.165) is 11.1 Å². The maximum Gasteiger partial charge on any atom is 0.268 e. The van der Waals surface area contributed by atoms with Gasteiger partial charge in [-0.3, -0.25) is 4.79 Å². The van der Waals surface area contributed by atoms with E-state index in [2.05, 4.69) is 10.2 Å². The molecule has 1 aromatic carbocycles. The van der Waals surface area contributed by atoms with Gasteiger partial charge >= 0.3 is 0 Å². The lowest BCUT2D eigenvalue weighted by molar-refractivity contribution is -0.117. The molecule has 3 nitrogen and oxygen atoms in total. The number of amides is 1. The van der Waals surface area contributed by atoms with Crippen LogP contribution in [0.2, 0.25) is 0 Å². The first-order valence-corrected chi connectivity index (χ1v) is 3.83. The van der Waals surface area contributed by atoms with Crippen molar-refractivity contribution in [2.45, 2.75) is 13.0 Å². The predicted octanol–water partition coefficient (Wildman–Crippen LogP) is 1.72. The number of nitrogens with zero attached hydrogens (tertiary/aromatic N) is 2. The van der Waals surface area contributed by atoms with Crippen molar-refractivity contribution < 1.29 is 4.79 Å². The molecule has 0 bridgehead atoms. The lowest BCUT2D eigenvalue weighted by atomic mass is 10.1. The van der Waals surface area contributed by atoms with Crippen LogP contribution in [-0.2, 0) is 17.8 Å². The summed E-state index contributed by atoms with van der Waals surface area (Å²) in [6.07, 6.45) is 0.389. The van der Waals surface area contributed by atoms with Gasteiger partial charge in [0.15, 0.2) is 0 Å². The Morgan fingerprint density at radius 3 is 2.75 bits per heavy atom. The molecule has 1 aliphatic heterocycles. The summed E-state index contributed by atoms with van der Waals surface area (Å²) in [5.41, 5.74) is 2.15. The molecular formula is C9H8N2O. The fraction of sp³-hybridized carbons (Fsp3) is 0.222. The Kier molecular flexibility index (Phi) is 1.70. The molecule has 0 unspecified atom stereocenters. The first-order valence-electron chi connectivity index (χ1n) is 3.83. The number of carbonyl (C=O) groups excluding carboxylic acids is 1. The van der Waals surface area contributed by atoms with Crippen LogP contribution in [0.5, 0.6) is 0 Å². The molecule has 0 saturated carbocycles. The van der Waals surface area contributed by atoms with Gasteiger partial charge in [0.2, 0.25) is 0 Å². The topological polar surface area (TPSA) is 41.8 Å². The molecule has 2 rings (SSSR count). The van der Waals surface area contributed by atoms with E-state index >= 15 is 0 Å². The second-order valence-electron chi connectivity index (χ2n) is 2.74. The van der Waals surface area contributed by atoms with E-state index < -0.39 is 0 Å². The third-order valence-corrected chi connectivity index (χ3v) is 1.88. The number of hydrogen-bond donors (Lipinski definition) is 0. The van der Waals surface area contributed by atoms with E-state index in [-0.39, 0.29) is 5.91 Å². The summed E-state index contributed by atoms with van der Waals surface area (Å²) >= 11 is 0. The van der Waals surface area contributed by atoms with E-state index in [0.29, 0.717) is 13.0 Å². The first-order chi connectivity index (χ1) is 5.86. The Morgan fingerprint density at radius 1 is 1.17 bits per heavy atom. The molecule has 0 aromatic heterocycles. The number of carbonyl (C=O) groups is 1. The van der Waals surface area contributed by atoms with E-state index in [1.807, 2.05) is 24.3 Å². The lowest BCUT2D eigenvalue weighted by Crippen LogP contribution is -1.97. The highest BCUT2D eigenvalue weighted by atomic mass is 16.1. The van der Waals surface area contributed by atoms with Crippen molar-refractivity contribution in [1.82, 2.24) is 0 Å². The highest BCUT2D eigenvalue weighted by molar-refractivity contribution is 5.79. The van der Waals surface area contributed by atoms with Crippen LogP contribution >= 0.6 is 0 Å². The van der Waals surface area contributed by atoms with Crippen molar-refractivity contribution in [3.63, 3.8) is 0 Å². The molecule has 1 aromatic rings. The minimum absolute atomic E-state index is 0.153. The van der Waals surface area contributed by atoms with Crippen LogP contribution in [0.1, 0.15) is 11.1 Å². The van der Waals surface area contributed by atoms with Gasteiger partial charge < -0.3 is 0 Å². The molecule has 0 radical (unpaired) electrons. The fourth-order valence-electron chi connectivity index (χ4n) is 1.27. The van der Waals surface area contributed by atoms with Gasteiger partial charge in [-0.2, -0.15) is 5.11 Å². The summed E-state index contributed by atoms with van der Waals surface area (Å²) in [5.74, 6) is -0.153. The maximum atomic E-state index is 11.0. The van der Waals surface area contributed by atoms with Crippen molar-refractivity contribution in [3.05, 3.63) is 35.4 Å². The van der Waals surface area contributed by atoms with Gasteiger partial charge in [-0.25, -0.2) is 0 Å². The van der Waals surface area contributed by atoms with Crippen LogP contribution < -0.4 is 0 Å². The Bertz CT molecular complexity index is 344. The number of hydrogen-bond acceptors (Lipinski definition) is 2. The van der Waals surface area contributed by atoms with Crippen molar-refractivity contribution in [1.29, 1.82) is 0 Å². The Morgan fingerprint density at radius 2 is 1.92 bits per heavy atom. The average Bonchev–Trinajstić information content (AvgIpc) is 2.25. The zero-order valence-corrected chi connectivity index (χ0v) is 6.53. The van der Waals surface area contributed by atoms with Gasteiger partial charge in [0.1, 0.15) is 0 Å². The van der Waals surface area contributed by atoms with Crippen molar-refractivity contribution in [2.75, 3.05) is 0 Å². The van der Waals surface area contributed by atoms with Gasteiger partial charge in [-0.15, -0.1) is 5.11 Å². The highest BCUT2D eigenvalue weighted by Crippen LogP contribution is 2.14. The van der Waals surface area contributed by atoms with Crippen molar-refractivity contribution >= 4 is 5.91 Å². The number of rotatable bonds is 0. The fourth-order valence-corrected chi connectivity index (χ4v) is 1.27. The molecule has 0 saturated heterocycles. The SMILES string of the molecule is O=C1Cc2ccccc2CN=N1. The molecular weight excluding hydrogens is 152 g/mol. The molecule has 0 atom stereocenters. The van der Waals surface area contributed by atoms with E-state index in [1.54, 1.807) is 0 Å². The summed E-state index contributed by atoms with van der Waals surface area (Å²) in [6, 6.07) is 7.80. The zero-order valence-electron chi connectivity index (χ0n) is 6.53. The summed E-state index contributed by atoms with van der Waals surface area (Å²) in [6.45, 7) is 0.530. The van der Waals surface area contributed by atoms with E-state index in [4.69, 9.17) is 0 Å². The molecule has 0 spiro atoms. The minimum atomic E-state index is -0.153. The third kappa shape index (κ3) is 1.25. The Balaban J connectivity index is 2.44. The highest BCUT2D eigenvalue weighted by Gasteiger charge is 2.09. The predicted molar refractivity (Wildman–Crippen MR) is 43.7 cm³/mol. The van der Waals surface area contributed by atoms with Crippen LogP contribution in [0.4, 0.5) is 0 Å². The molecule has 12 heavy (non-hydrogen) atoms. The Labute approximate surface area is 70.1 Å². The largest absolute Gasteiger partial charge is 0.271 e. The average molecular weight is 160 g/mol. The van der Waals surface area contributed by atoms with Gasteiger partial charge in [-0.05, 0) is 11.1 Å². The number of azo groups is 1. The minimum Gasteiger partial charge on any atom is -0.271 e. The standard InChI is InChI=1S/C9H8N2O/c12-9-5-7-3-1-2-4-8(7)6-10-11-9/h1-4H,5-6H2. The summed E-state index contributed by atoms with van der Waals surface area (Å²) in [5, 5.41) is 7.29. The van der Waals surface area contributed by atoms with E-state index in [9.17, 15) is 4.79 Å². The van der Waals surface area contributed by atoms with Crippen LogP contribution in [0.15, 0.2) is 34.5 Å². The second-order valence-corrected chi connectivity index (χ2v) is 2.74. The molecule has 1 aliphatic rings. The van der Waals surface area contributed by atoms with Gasteiger partial charge in [0.05, 0.1) is 13.0 Å². The summed E-state index contributed by atoms with van der Waals surface area (Å²) in [7, 11) is 0. The van der Waals surface area contributed by atoms with Crippen LogP contribution in [-0.4, -0.2) is 5.91 Å². The summed E-state index contributed by atoms with van der Waals surface area (Å²) < 4.78 is 0. The quantitative estimate of drug-likeness (QED) is 0.569. The molecule has 0 aliphatic carbocycles. The third-order valence-electron chi connectivity index (χ3n) is 1.88. The van der Waals surface area contributed by atoms with Crippen LogP contribution in [0.25, 0.3) is 0 Å². The number of fused-ring (bicyclic) bond motifs is 1. The molecule has 0 N–H and O–H groups in total. The van der Waals surface area contributed by atoms with Crippen molar-refractivity contribution in [2.24, 2.45) is 10.2 Å². The monoisotopic (exact) mass is 160 g/mol. The van der Waals surface area contributed by atoms with E-state index in [1.165, 1.54) is 0 Å². The van der Waals surface area contributed by atoms with Gasteiger partial charge in [-0.1, -0.05) is 24.3 Å². The number of benzene rings is 1. The van der Waals surface area contributed by atoms with Crippen LogP contribution in [0, 0.1) is 0 Å². The van der Waals surface area contributed by atoms with Gasteiger partial charge in [0, 0.05) is 0 Å².